The summed E-state index contributed by atoms with van der Waals surface area (Å²) in [7, 11) is -10.7. The summed E-state index contributed by atoms with van der Waals surface area (Å²) in [5.41, 5.74) is 10.0. The van der Waals surface area contributed by atoms with Crippen molar-refractivity contribution < 1.29 is 45.3 Å². The van der Waals surface area contributed by atoms with Crippen molar-refractivity contribution in [3.05, 3.63) is 92.2 Å². The molecule has 0 aromatic rings. The van der Waals surface area contributed by atoms with E-state index in [1.54, 1.807) is 0 Å². The first-order valence-electron chi connectivity index (χ1n) is 20.3. The average Bonchev–Trinajstić information content (AvgIpc) is 3.08. The molecule has 8 atom stereocenters. The maximum Gasteiger partial charge on any atom is 0 e. The number of piperidine rings is 4. The van der Waals surface area contributed by atoms with Crippen LogP contribution < -0.4 is 0 Å². The number of halogens is 6. The molecule has 0 bridgehead atoms. The van der Waals surface area contributed by atoms with Gasteiger partial charge in [0.05, 0.1) is 0 Å². The minimum atomic E-state index is -10.7. The summed E-state index contributed by atoms with van der Waals surface area (Å²) in [4.78, 5) is 0. The standard InChI is InChI=1S/C18H34N2.2C13H17N.F6P.Ir/c1-17(2,3)13-7-9-19-15(11-13)16-12-14(8-10-20-16)18(4,5)6;2*1-10-3-5-12(6-4-10)13-9-11(2)7-8-14-13;1-7(2,3,4,5)6;/h13-16H,7-12H2,1-6H3;2*3-5,11,13H,7-9H2,1-2H3;;/q3*-2;-1;. The molecular weight excluding hydrogens is 922 g/mol. The SMILES string of the molecule is CC(C)(C)C1CC[N-]C(C2CC(C(C)(C)C)CC[N-]2)C1.C[C-]1C=C=C(C2CC(C)CC[N-]2)C=C1.C[C-]1C=C=C(C2CC(C)CC[N-]2)C=C1.F[P-](F)(F)(F)(F)F.[Ir]. The summed E-state index contributed by atoms with van der Waals surface area (Å²) in [6.07, 6.45) is 22.7. The fourth-order valence-corrected chi connectivity index (χ4v) is 7.83. The van der Waals surface area contributed by atoms with Crippen molar-refractivity contribution in [2.24, 2.45) is 34.5 Å². The van der Waals surface area contributed by atoms with Gasteiger partial charge in [-0.05, 0) is 34.5 Å². The fraction of sp³-hybridized carbons (Fsp3) is 0.727. The fourth-order valence-electron chi connectivity index (χ4n) is 7.83. The number of rotatable bonds is 3. The van der Waals surface area contributed by atoms with Crippen molar-refractivity contribution in [1.82, 2.24) is 0 Å². The van der Waals surface area contributed by atoms with Crippen LogP contribution in [0.4, 0.5) is 25.2 Å². The molecule has 0 spiro atoms. The largest absolute Gasteiger partial charge is 0 e. The molecule has 4 nitrogen and oxygen atoms in total. The molecule has 6 aliphatic rings. The van der Waals surface area contributed by atoms with E-state index in [-0.39, 0.29) is 20.1 Å². The van der Waals surface area contributed by atoms with Crippen LogP contribution in [0.1, 0.15) is 121 Å². The number of allylic oxidation sites excluding steroid dienone is 2. The van der Waals surface area contributed by atoms with Gasteiger partial charge < -0.3 is 21.3 Å². The van der Waals surface area contributed by atoms with Gasteiger partial charge in [-0.3, -0.25) is 11.5 Å². The minimum Gasteiger partial charge on any atom is 0 e. The number of hydrogen-bond donors (Lipinski definition) is 0. The molecule has 8 unspecified atom stereocenters. The zero-order valence-corrected chi connectivity index (χ0v) is 38.7. The molecule has 0 amide bonds. The molecule has 0 aromatic heterocycles. The van der Waals surface area contributed by atoms with E-state index in [1.807, 2.05) is 0 Å². The van der Waals surface area contributed by atoms with E-state index >= 15 is 0 Å². The van der Waals surface area contributed by atoms with Crippen molar-refractivity contribution in [2.45, 2.75) is 145 Å². The molecule has 6 rings (SSSR count). The maximum absolute atomic E-state index is 10.7. The third kappa shape index (κ3) is 20.6. The summed E-state index contributed by atoms with van der Waals surface area (Å²) in [6, 6.07) is 1.80. The van der Waals surface area contributed by atoms with Gasteiger partial charge in [-0.2, -0.15) is 48.2 Å². The molecule has 0 aromatic carbocycles. The summed E-state index contributed by atoms with van der Waals surface area (Å²) in [5, 5.41) is 19.2. The quantitative estimate of drug-likeness (QED) is 0.117. The van der Waals surface area contributed by atoms with E-state index in [4.69, 9.17) is 10.6 Å². The van der Waals surface area contributed by atoms with Crippen molar-refractivity contribution in [1.29, 1.82) is 0 Å². The summed E-state index contributed by atoms with van der Waals surface area (Å²) < 4.78 is 59.2. The molecule has 4 saturated heterocycles. The van der Waals surface area contributed by atoms with E-state index in [0.717, 1.165) is 49.9 Å². The third-order valence-corrected chi connectivity index (χ3v) is 11.5. The molecule has 1 radical (unpaired) electrons. The van der Waals surface area contributed by atoms with Gasteiger partial charge in [0, 0.05) is 20.1 Å². The first kappa shape index (κ1) is 50.9. The molecule has 12 heteroatoms. The first-order valence-corrected chi connectivity index (χ1v) is 22.4. The first-order chi connectivity index (χ1) is 25.1. The van der Waals surface area contributed by atoms with Crippen molar-refractivity contribution >= 4 is 7.81 Å². The van der Waals surface area contributed by atoms with Crippen LogP contribution in [0.2, 0.25) is 0 Å². The molecular formula is C44H68F6IrN4P-7. The third-order valence-electron chi connectivity index (χ3n) is 11.5. The van der Waals surface area contributed by atoms with Gasteiger partial charge in [-0.1, -0.05) is 121 Å². The smallest absolute Gasteiger partial charge is 0 e. The maximum atomic E-state index is 9.87. The van der Waals surface area contributed by atoms with Crippen molar-refractivity contribution in [3.8, 4) is 0 Å². The average molecular weight is 990 g/mol. The Labute approximate surface area is 349 Å². The van der Waals surface area contributed by atoms with E-state index < -0.39 is 7.81 Å². The number of nitrogens with zero attached hydrogens (tertiary/aromatic N) is 4. The van der Waals surface area contributed by atoms with Crippen LogP contribution >= 0.6 is 7.81 Å². The van der Waals surface area contributed by atoms with Crippen LogP contribution in [-0.2, 0) is 20.1 Å². The second-order valence-electron chi connectivity index (χ2n) is 18.8. The normalized spacial score (nSPS) is 32.0. The number of hydrogen-bond acceptors (Lipinski definition) is 0. The predicted molar refractivity (Wildman–Crippen MR) is 222 cm³/mol. The molecule has 0 N–H and O–H groups in total. The van der Waals surface area contributed by atoms with Crippen LogP contribution in [0, 0.1) is 46.3 Å². The van der Waals surface area contributed by atoms with Crippen LogP contribution in [0.15, 0.2) is 59.1 Å². The monoisotopic (exact) mass is 990 g/mol. The second-order valence-corrected chi connectivity index (χ2v) is 20.7. The molecule has 2 aliphatic carbocycles. The Balaban J connectivity index is 0.000000270. The Morgan fingerprint density at radius 1 is 0.571 bits per heavy atom. The van der Waals surface area contributed by atoms with Gasteiger partial charge in [0.25, 0.3) is 0 Å². The molecule has 4 aliphatic heterocycles. The van der Waals surface area contributed by atoms with Crippen LogP contribution in [0.25, 0.3) is 21.3 Å². The molecule has 327 valence electrons. The Bertz CT molecular complexity index is 1330. The minimum absolute atomic E-state index is 0. The Kier molecular flexibility index (Phi) is 18.5. The molecule has 4 fully saturated rings. The zero-order chi connectivity index (χ0) is 41.3. The molecule has 4 heterocycles. The van der Waals surface area contributed by atoms with Crippen LogP contribution in [0.5, 0.6) is 0 Å². The zero-order valence-electron chi connectivity index (χ0n) is 35.4. The van der Waals surface area contributed by atoms with E-state index in [9.17, 15) is 25.2 Å². The summed E-state index contributed by atoms with van der Waals surface area (Å²) in [6.45, 7) is 27.3. The Morgan fingerprint density at radius 2 is 0.893 bits per heavy atom. The predicted octanol–water partition coefficient (Wildman–Crippen LogP) is 15.6. The van der Waals surface area contributed by atoms with Crippen LogP contribution in [0.3, 0.4) is 0 Å². The van der Waals surface area contributed by atoms with Crippen LogP contribution in [-0.4, -0.2) is 50.3 Å². The van der Waals surface area contributed by atoms with E-state index in [0.29, 0.717) is 35.0 Å². The van der Waals surface area contributed by atoms with Gasteiger partial charge in [0.1, 0.15) is 0 Å². The van der Waals surface area contributed by atoms with Gasteiger partial charge in [-0.15, -0.1) is 61.6 Å². The van der Waals surface area contributed by atoms with Gasteiger partial charge >= 0.3 is 33.0 Å². The van der Waals surface area contributed by atoms with E-state index in [1.165, 1.54) is 74.3 Å². The Hall–Kier alpha value is -1.24. The van der Waals surface area contributed by atoms with Crippen molar-refractivity contribution in [3.63, 3.8) is 0 Å². The second kappa shape index (κ2) is 20.3. The summed E-state index contributed by atoms with van der Waals surface area (Å²) in [5.74, 6) is 5.81. The Morgan fingerprint density at radius 3 is 1.16 bits per heavy atom. The van der Waals surface area contributed by atoms with Gasteiger partial charge in [0.15, 0.2) is 0 Å². The molecule has 0 saturated carbocycles. The topological polar surface area (TPSA) is 56.4 Å². The van der Waals surface area contributed by atoms with Gasteiger partial charge in [-0.25, -0.2) is 0 Å². The van der Waals surface area contributed by atoms with E-state index in [2.05, 4.69) is 128 Å². The van der Waals surface area contributed by atoms with Gasteiger partial charge in [0.2, 0.25) is 0 Å². The van der Waals surface area contributed by atoms with Crippen molar-refractivity contribution in [2.75, 3.05) is 26.2 Å². The summed E-state index contributed by atoms with van der Waals surface area (Å²) >= 11 is 0. The molecule has 56 heavy (non-hydrogen) atoms.